The number of aliphatic carboxylic acids is 1. The molecular weight excluding hydrogens is 1110 g/mol. The van der Waals surface area contributed by atoms with Gasteiger partial charge in [-0.25, -0.2) is 14.8 Å². The minimum atomic E-state index is -1.97. The Morgan fingerprint density at radius 2 is 1.40 bits per heavy atom. The number of aliphatic hydroxyl groups is 3. The lowest BCUT2D eigenvalue weighted by molar-refractivity contribution is -0.668. The summed E-state index contributed by atoms with van der Waals surface area (Å²) in [6.07, 6.45) is -7.36. The topological polar surface area (TPSA) is 310 Å². The lowest BCUT2D eigenvalue weighted by atomic mass is 9.84. The van der Waals surface area contributed by atoms with E-state index in [1.165, 1.54) is 18.2 Å². The number of aryl methyl sites for hydroxylation is 2. The van der Waals surface area contributed by atoms with Crippen LogP contribution in [0.1, 0.15) is 51.6 Å². The highest BCUT2D eigenvalue weighted by Gasteiger charge is 2.51. The number of hydrazine groups is 1. The van der Waals surface area contributed by atoms with E-state index in [0.29, 0.717) is 16.8 Å². The number of nitrogens with one attached hydrogen (secondary N) is 2. The second-order valence-corrected chi connectivity index (χ2v) is 20.9. The number of nitrogens with zero attached hydrogens (tertiary/aromatic N) is 4. The number of carbonyl (C=O) groups excluding carboxylic acids is 6. The first-order chi connectivity index (χ1) is 41.4. The van der Waals surface area contributed by atoms with Crippen LogP contribution in [-0.4, -0.2) is 162 Å². The zero-order chi connectivity index (χ0) is 61.2. The molecule has 9 rings (SSSR count). The van der Waals surface area contributed by atoms with Crippen molar-refractivity contribution in [1.29, 1.82) is 0 Å². The molecule has 0 bridgehead atoms. The molecule has 2 fully saturated rings. The number of carboxylic acid groups (broad SMARTS) is 1. The number of ketones is 1. The first-order valence-electron chi connectivity index (χ1n) is 28.0. The number of carboxylic acids is 1. The van der Waals surface area contributed by atoms with E-state index in [-0.39, 0.29) is 118 Å². The molecular formula is C63H68N7O16+. The standard InChI is InChI=1S/C63H67N7O16/c1-37-14-19-44(56(75)53-55(40-10-6-4-7-11-40)67(3)70(61(53)79)43-12-8-5-9-13-43)54(64)52(37)42-18-20-46-41(35-42)17-15-38(2)69(46)36-39-16-21-47(85-63-59(78)57(76)58(77)60(86-63)62(80)81)45(34-39)66-49(72)24-26-65-48(71)25-28-82-30-32-84-33-31-83-29-27-68-50(73)22-23-51(68)74/h4-23,34-35,53,55,57-60,63,76-78H,24-33,36H2,1-3H3,(H4-,64,65,66,71,72,75,80,81)/p+1/t53?,55?,57-,58-,59+,60-,63+/m0/s1. The highest BCUT2D eigenvalue weighted by Crippen LogP contribution is 2.43. The number of para-hydroxylation sites is 1. The summed E-state index contributed by atoms with van der Waals surface area (Å²) in [6, 6.07) is 36.0. The first-order valence-corrected chi connectivity index (χ1v) is 28.0. The average Bonchev–Trinajstić information content (AvgIpc) is 1.68. The minimum absolute atomic E-state index is 0.00375. The Balaban J connectivity index is 0.872. The largest absolute Gasteiger partial charge is 0.479 e. The Morgan fingerprint density at radius 1 is 0.721 bits per heavy atom. The number of ether oxygens (including phenoxy) is 5. The van der Waals surface area contributed by atoms with Crippen molar-refractivity contribution in [3.8, 4) is 16.9 Å². The number of aromatic nitrogens is 1. The molecule has 5 amide bonds. The number of aliphatic hydroxyl groups excluding tert-OH is 3. The van der Waals surface area contributed by atoms with Crippen LogP contribution in [0.15, 0.2) is 133 Å². The molecule has 0 saturated carbocycles. The van der Waals surface area contributed by atoms with Gasteiger partial charge in [-0.1, -0.05) is 54.6 Å². The molecule has 23 nitrogen and oxygen atoms in total. The van der Waals surface area contributed by atoms with Gasteiger partial charge in [0.15, 0.2) is 24.1 Å². The molecule has 86 heavy (non-hydrogen) atoms. The average molecular weight is 1180 g/mol. The summed E-state index contributed by atoms with van der Waals surface area (Å²) < 4.78 is 29.7. The summed E-state index contributed by atoms with van der Waals surface area (Å²) in [6.45, 7) is 5.32. The van der Waals surface area contributed by atoms with E-state index in [9.17, 15) is 54.0 Å². The van der Waals surface area contributed by atoms with E-state index in [1.807, 2.05) is 115 Å². The third-order valence-electron chi connectivity index (χ3n) is 15.2. The summed E-state index contributed by atoms with van der Waals surface area (Å²) in [7, 11) is 1.80. The Kier molecular flexibility index (Phi) is 20.1. The maximum Gasteiger partial charge on any atom is 0.335 e. The van der Waals surface area contributed by atoms with Gasteiger partial charge in [-0.05, 0) is 78.2 Å². The smallest absolute Gasteiger partial charge is 0.335 e. The van der Waals surface area contributed by atoms with Gasteiger partial charge in [0.1, 0.15) is 30.0 Å². The molecule has 2 unspecified atom stereocenters. The molecule has 6 aromatic rings. The second kappa shape index (κ2) is 27.9. The zero-order valence-electron chi connectivity index (χ0n) is 47.6. The van der Waals surface area contributed by atoms with Crippen LogP contribution in [0, 0.1) is 19.8 Å². The third kappa shape index (κ3) is 14.0. The summed E-state index contributed by atoms with van der Waals surface area (Å²) in [5.41, 5.74) is 13.5. The van der Waals surface area contributed by atoms with E-state index in [1.54, 1.807) is 35.3 Å². The number of nitrogen functional groups attached to an aromatic ring is 1. The maximum atomic E-state index is 14.9. The number of carbonyl (C=O) groups is 7. The van der Waals surface area contributed by atoms with Gasteiger partial charge in [0, 0.05) is 79.7 Å². The number of pyridine rings is 1. The number of hydrogen-bond acceptors (Lipinski definition) is 17. The molecule has 1 aromatic heterocycles. The van der Waals surface area contributed by atoms with Crippen molar-refractivity contribution in [2.45, 2.75) is 70.0 Å². The fraction of sp³-hybridized carbons (Fsp3) is 0.333. The molecule has 450 valence electrons. The van der Waals surface area contributed by atoms with Crippen LogP contribution in [0.3, 0.4) is 0 Å². The van der Waals surface area contributed by atoms with E-state index in [2.05, 4.69) is 10.6 Å². The van der Waals surface area contributed by atoms with Gasteiger partial charge in [-0.15, -0.1) is 0 Å². The van der Waals surface area contributed by atoms with Crippen molar-refractivity contribution < 1.29 is 82.2 Å². The van der Waals surface area contributed by atoms with Gasteiger partial charge >= 0.3 is 5.97 Å². The summed E-state index contributed by atoms with van der Waals surface area (Å²) in [5.74, 6) is -5.28. The van der Waals surface area contributed by atoms with Crippen LogP contribution in [0.25, 0.3) is 22.0 Å². The first kappa shape index (κ1) is 61.8. The van der Waals surface area contributed by atoms with E-state index in [4.69, 9.17) is 29.4 Å². The van der Waals surface area contributed by atoms with Gasteiger partial charge < -0.3 is 60.5 Å². The van der Waals surface area contributed by atoms with Gasteiger partial charge in [-0.2, -0.15) is 4.57 Å². The highest BCUT2D eigenvalue weighted by molar-refractivity contribution is 6.19. The number of benzene rings is 5. The van der Waals surface area contributed by atoms with Gasteiger partial charge in [-0.3, -0.25) is 33.7 Å². The van der Waals surface area contributed by atoms with Gasteiger partial charge in [0.2, 0.25) is 23.6 Å². The van der Waals surface area contributed by atoms with Gasteiger partial charge in [0.25, 0.3) is 17.7 Å². The Morgan fingerprint density at radius 3 is 2.09 bits per heavy atom. The molecule has 0 radical (unpaired) electrons. The van der Waals surface area contributed by atoms with E-state index < -0.39 is 60.3 Å². The molecule has 7 atom stereocenters. The molecule has 4 heterocycles. The van der Waals surface area contributed by atoms with Crippen LogP contribution >= 0.6 is 0 Å². The van der Waals surface area contributed by atoms with Crippen LogP contribution in [0.5, 0.6) is 5.75 Å². The van der Waals surface area contributed by atoms with Crippen molar-refractivity contribution in [1.82, 2.24) is 15.2 Å². The Bertz CT molecular complexity index is 3510. The summed E-state index contributed by atoms with van der Waals surface area (Å²) in [5, 5.41) is 51.0. The molecule has 5 aromatic carbocycles. The third-order valence-corrected chi connectivity index (χ3v) is 15.2. The normalized spacial score (nSPS) is 20.4. The van der Waals surface area contributed by atoms with Crippen molar-refractivity contribution in [3.05, 3.63) is 161 Å². The quantitative estimate of drug-likeness (QED) is 0.0102. The molecule has 23 heteroatoms. The Labute approximate surface area is 495 Å². The number of fused-ring (bicyclic) bond motifs is 1. The van der Waals surface area contributed by atoms with Crippen molar-refractivity contribution in [2.75, 3.05) is 75.8 Å². The number of Topliss-reactive ketones (excluding diaryl/α,β-unsaturated/α-hetero) is 1. The van der Waals surface area contributed by atoms with Crippen LogP contribution in [0.2, 0.25) is 0 Å². The lowest BCUT2D eigenvalue weighted by Crippen LogP contribution is -2.61. The minimum Gasteiger partial charge on any atom is -0.479 e. The summed E-state index contributed by atoms with van der Waals surface area (Å²) >= 11 is 0. The highest BCUT2D eigenvalue weighted by atomic mass is 16.7. The predicted octanol–water partition coefficient (Wildman–Crippen LogP) is 3.56. The number of anilines is 3. The van der Waals surface area contributed by atoms with Crippen LogP contribution in [-0.2, 0) is 54.3 Å². The maximum absolute atomic E-state index is 14.9. The summed E-state index contributed by atoms with van der Waals surface area (Å²) in [4.78, 5) is 91.9. The van der Waals surface area contributed by atoms with Gasteiger partial charge in [0.05, 0.1) is 69.3 Å². The van der Waals surface area contributed by atoms with E-state index in [0.717, 1.165) is 38.2 Å². The lowest BCUT2D eigenvalue weighted by Gasteiger charge is -2.38. The SMILES string of the molecule is Cc1ccc(C(=O)C2C(=O)N(c3ccccc3)N(C)C2c2ccccc2)c(N)c1-c1ccc2c(ccc(C)[n+]2Cc2ccc(O[C@@H]3O[C@H](C(=O)O)[C@@H](O)[C@H](O)[C@H]3O)c(NC(=O)CCNC(=O)CCOCCOCCOCCN3C(=O)C=CC3=O)c2)c1. The number of hydrogen-bond donors (Lipinski definition) is 7. The number of rotatable bonds is 26. The molecule has 0 aliphatic carbocycles. The van der Waals surface area contributed by atoms with Crippen molar-refractivity contribution in [2.24, 2.45) is 5.92 Å². The molecule has 0 spiro atoms. The van der Waals surface area contributed by atoms with E-state index >= 15 is 0 Å². The molecule has 3 aliphatic rings. The predicted molar refractivity (Wildman–Crippen MR) is 312 cm³/mol. The van der Waals surface area contributed by atoms with Crippen LogP contribution < -0.4 is 30.7 Å². The molecule has 2 saturated heterocycles. The van der Waals surface area contributed by atoms with Crippen molar-refractivity contribution >= 4 is 69.3 Å². The molecule has 3 aliphatic heterocycles. The second-order valence-electron chi connectivity index (χ2n) is 20.9. The fourth-order valence-electron chi connectivity index (χ4n) is 10.7. The fourth-order valence-corrected chi connectivity index (χ4v) is 10.7. The Hall–Kier alpha value is -8.78. The number of imide groups is 1. The number of nitrogens with two attached hydrogens (primary N) is 1. The van der Waals surface area contributed by atoms with Crippen LogP contribution in [0.4, 0.5) is 17.1 Å². The van der Waals surface area contributed by atoms with Crippen molar-refractivity contribution in [3.63, 3.8) is 0 Å². The number of amides is 5. The zero-order valence-corrected chi connectivity index (χ0v) is 47.6. The monoisotopic (exact) mass is 1180 g/mol. The molecule has 8 N–H and O–H groups in total.